The minimum atomic E-state index is -0.979. The summed E-state index contributed by atoms with van der Waals surface area (Å²) in [6.45, 7) is 0. The normalized spacial score (nSPS) is 10.5. The van der Waals surface area contributed by atoms with Gasteiger partial charge in [0, 0.05) is 15.7 Å². The van der Waals surface area contributed by atoms with Crippen LogP contribution in [0.3, 0.4) is 0 Å². The minimum absolute atomic E-state index is 0.274. The molecule has 0 bridgehead atoms. The van der Waals surface area contributed by atoms with E-state index in [1.807, 2.05) is 0 Å². The summed E-state index contributed by atoms with van der Waals surface area (Å²) in [5.74, 6) is -1.47. The van der Waals surface area contributed by atoms with Crippen LogP contribution in [0.5, 0.6) is 11.5 Å². The minimum Gasteiger partial charge on any atom is -0.497 e. The molecule has 0 unspecified atom stereocenters. The Morgan fingerprint density at radius 3 is 2.06 bits per heavy atom. The number of amides is 2. The third-order valence-electron chi connectivity index (χ3n) is 4.12. The average Bonchev–Trinajstić information content (AvgIpc) is 2.79. The van der Waals surface area contributed by atoms with Crippen molar-refractivity contribution < 1.29 is 23.9 Å². The average molecular weight is 486 g/mol. The van der Waals surface area contributed by atoms with E-state index in [9.17, 15) is 14.4 Å². The van der Waals surface area contributed by atoms with Gasteiger partial charge in [0.1, 0.15) is 11.5 Å². The smallest absolute Gasteiger partial charge is 0.343 e. The second-order valence-electron chi connectivity index (χ2n) is 6.50. The van der Waals surface area contributed by atoms with Crippen molar-refractivity contribution in [3.8, 4) is 11.5 Å². The first kappa shape index (κ1) is 23.8. The van der Waals surface area contributed by atoms with Gasteiger partial charge in [0.15, 0.2) is 0 Å². The molecule has 0 aromatic heterocycles. The number of halogens is 2. The second kappa shape index (κ2) is 11.1. The molecule has 0 fully saturated rings. The van der Waals surface area contributed by atoms with E-state index in [1.165, 1.54) is 31.5 Å². The summed E-state index contributed by atoms with van der Waals surface area (Å²) in [5, 5.41) is 6.73. The molecule has 2 N–H and O–H groups in total. The monoisotopic (exact) mass is 485 g/mol. The third kappa shape index (κ3) is 7.06. The lowest BCUT2D eigenvalue weighted by Crippen LogP contribution is -2.32. The maximum absolute atomic E-state index is 12.2. The van der Waals surface area contributed by atoms with Crippen LogP contribution in [0.25, 0.3) is 0 Å². The molecule has 168 valence electrons. The first-order chi connectivity index (χ1) is 15.8. The predicted octanol–water partition coefficient (Wildman–Crippen LogP) is 4.31. The first-order valence-electron chi connectivity index (χ1n) is 9.41. The van der Waals surface area contributed by atoms with Crippen molar-refractivity contribution in [3.63, 3.8) is 0 Å². The summed E-state index contributed by atoms with van der Waals surface area (Å²) in [6.07, 6.45) is 1.33. The fourth-order valence-electron chi connectivity index (χ4n) is 2.55. The van der Waals surface area contributed by atoms with Crippen molar-refractivity contribution in [3.05, 3.63) is 87.9 Å². The molecule has 0 saturated heterocycles. The zero-order valence-corrected chi connectivity index (χ0v) is 18.7. The summed E-state index contributed by atoms with van der Waals surface area (Å²) in [5.41, 5.74) is 3.37. The van der Waals surface area contributed by atoms with Gasteiger partial charge in [-0.1, -0.05) is 23.2 Å². The van der Waals surface area contributed by atoms with Crippen LogP contribution in [0.4, 0.5) is 5.69 Å². The number of hydrazone groups is 1. The maximum Gasteiger partial charge on any atom is 0.343 e. The number of carbonyl (C=O) groups is 3. The quantitative estimate of drug-likeness (QED) is 0.178. The summed E-state index contributed by atoms with van der Waals surface area (Å²) in [4.78, 5) is 36.0. The van der Waals surface area contributed by atoms with E-state index >= 15 is 0 Å². The van der Waals surface area contributed by atoms with Gasteiger partial charge in [0.05, 0.1) is 18.9 Å². The van der Waals surface area contributed by atoms with Gasteiger partial charge >= 0.3 is 17.8 Å². The number of anilines is 1. The molecule has 8 nitrogen and oxygen atoms in total. The summed E-state index contributed by atoms with van der Waals surface area (Å²) in [7, 11) is 1.54. The molecular formula is C23H17Cl2N3O5. The molecule has 33 heavy (non-hydrogen) atoms. The summed E-state index contributed by atoms with van der Waals surface area (Å²) in [6, 6.07) is 17.3. The highest BCUT2D eigenvalue weighted by atomic mass is 35.5. The molecule has 0 atom stereocenters. The molecule has 0 aliphatic heterocycles. The molecule has 0 aliphatic rings. The van der Waals surface area contributed by atoms with Gasteiger partial charge in [-0.2, -0.15) is 5.10 Å². The molecule has 0 heterocycles. The van der Waals surface area contributed by atoms with Crippen molar-refractivity contribution >= 4 is 52.9 Å². The Hall–Kier alpha value is -3.88. The Morgan fingerprint density at radius 2 is 1.45 bits per heavy atom. The van der Waals surface area contributed by atoms with Crippen LogP contribution in [-0.4, -0.2) is 31.1 Å². The predicted molar refractivity (Wildman–Crippen MR) is 125 cm³/mol. The van der Waals surface area contributed by atoms with Gasteiger partial charge in [-0.3, -0.25) is 9.59 Å². The van der Waals surface area contributed by atoms with E-state index < -0.39 is 17.8 Å². The number of nitrogens with one attached hydrogen (secondary N) is 2. The maximum atomic E-state index is 12.2. The molecule has 3 aromatic carbocycles. The molecular weight excluding hydrogens is 469 g/mol. The number of ether oxygens (including phenoxy) is 2. The number of esters is 1. The second-order valence-corrected chi connectivity index (χ2v) is 7.37. The molecule has 3 rings (SSSR count). The zero-order valence-electron chi connectivity index (χ0n) is 17.2. The Kier molecular flexibility index (Phi) is 8.01. The van der Waals surface area contributed by atoms with Crippen LogP contribution in [0.2, 0.25) is 10.0 Å². The van der Waals surface area contributed by atoms with Gasteiger partial charge in [-0.15, -0.1) is 0 Å². The van der Waals surface area contributed by atoms with Crippen molar-refractivity contribution in [1.82, 2.24) is 5.43 Å². The molecule has 2 amide bonds. The summed E-state index contributed by atoms with van der Waals surface area (Å²) < 4.78 is 10.4. The van der Waals surface area contributed by atoms with Gasteiger partial charge in [0.2, 0.25) is 0 Å². The number of benzene rings is 3. The number of hydrogen-bond donors (Lipinski definition) is 2. The lowest BCUT2D eigenvalue weighted by atomic mass is 10.2. The van der Waals surface area contributed by atoms with Crippen LogP contribution in [0, 0.1) is 0 Å². The molecule has 10 heteroatoms. The van der Waals surface area contributed by atoms with Gasteiger partial charge in [-0.05, 0) is 72.3 Å². The molecule has 0 spiro atoms. The standard InChI is InChI=1S/C23H17Cl2N3O5/c1-32-19-8-4-15(5-9-19)23(31)33-20-6-2-14(3-7-20)13-26-28-22(30)21(29)27-18-11-16(24)10-17(25)12-18/h2-13H,1H3,(H,27,29)(H,28,30)/b26-13+. The van der Waals surface area contributed by atoms with E-state index in [4.69, 9.17) is 32.7 Å². The summed E-state index contributed by atoms with van der Waals surface area (Å²) >= 11 is 11.7. The van der Waals surface area contributed by atoms with E-state index in [-0.39, 0.29) is 5.69 Å². The van der Waals surface area contributed by atoms with Crippen LogP contribution < -0.4 is 20.2 Å². The zero-order chi connectivity index (χ0) is 23.8. The topological polar surface area (TPSA) is 106 Å². The Bertz CT molecular complexity index is 1180. The molecule has 0 aliphatic carbocycles. The van der Waals surface area contributed by atoms with Crippen molar-refractivity contribution in [2.24, 2.45) is 5.10 Å². The van der Waals surface area contributed by atoms with Crippen molar-refractivity contribution in [2.45, 2.75) is 0 Å². The highest BCUT2D eigenvalue weighted by Crippen LogP contribution is 2.22. The van der Waals surface area contributed by atoms with Gasteiger partial charge in [-0.25, -0.2) is 10.2 Å². The molecule has 3 aromatic rings. The van der Waals surface area contributed by atoms with Crippen LogP contribution in [-0.2, 0) is 9.59 Å². The Labute approximate surface area is 199 Å². The van der Waals surface area contributed by atoms with Crippen LogP contribution in [0.1, 0.15) is 15.9 Å². The number of carbonyl (C=O) groups excluding carboxylic acids is 3. The number of nitrogens with zero attached hydrogens (tertiary/aromatic N) is 1. The van der Waals surface area contributed by atoms with Gasteiger partial charge < -0.3 is 14.8 Å². The fourth-order valence-corrected chi connectivity index (χ4v) is 3.07. The van der Waals surface area contributed by atoms with Crippen molar-refractivity contribution in [1.29, 1.82) is 0 Å². The number of rotatable bonds is 6. The van der Waals surface area contributed by atoms with E-state index in [0.29, 0.717) is 32.7 Å². The molecule has 0 saturated carbocycles. The highest BCUT2D eigenvalue weighted by molar-refractivity contribution is 6.40. The highest BCUT2D eigenvalue weighted by Gasteiger charge is 2.13. The van der Waals surface area contributed by atoms with Crippen molar-refractivity contribution in [2.75, 3.05) is 12.4 Å². The Morgan fingerprint density at radius 1 is 0.848 bits per heavy atom. The first-order valence-corrected chi connectivity index (χ1v) is 10.2. The number of methoxy groups -OCH3 is 1. The Balaban J connectivity index is 1.51. The van der Waals surface area contributed by atoms with Gasteiger partial charge in [0.25, 0.3) is 0 Å². The molecule has 0 radical (unpaired) electrons. The van der Waals surface area contributed by atoms with E-state index in [2.05, 4.69) is 15.8 Å². The van der Waals surface area contributed by atoms with Crippen LogP contribution in [0.15, 0.2) is 71.8 Å². The lowest BCUT2D eigenvalue weighted by Gasteiger charge is -2.06. The lowest BCUT2D eigenvalue weighted by molar-refractivity contribution is -0.136. The largest absolute Gasteiger partial charge is 0.497 e. The van der Waals surface area contributed by atoms with Crippen LogP contribution >= 0.6 is 23.2 Å². The van der Waals surface area contributed by atoms with E-state index in [0.717, 1.165) is 0 Å². The fraction of sp³-hybridized carbons (Fsp3) is 0.0435. The number of hydrogen-bond acceptors (Lipinski definition) is 6. The SMILES string of the molecule is COc1ccc(C(=O)Oc2ccc(/C=N/NC(=O)C(=O)Nc3cc(Cl)cc(Cl)c3)cc2)cc1. The third-order valence-corrected chi connectivity index (χ3v) is 4.56. The van der Waals surface area contributed by atoms with E-state index in [1.54, 1.807) is 48.5 Å².